The maximum Gasteiger partial charge on any atom is 0.333 e. The molecule has 0 radical (unpaired) electrons. The molecule has 3 N–H and O–H groups in total. The fourth-order valence-corrected chi connectivity index (χ4v) is 0.426. The first-order chi connectivity index (χ1) is 5.54. The first-order valence-corrected chi connectivity index (χ1v) is 3.42. The molecule has 0 aromatic carbocycles. The van der Waals surface area contributed by atoms with E-state index in [1.54, 1.807) is 6.92 Å². The van der Waals surface area contributed by atoms with Crippen LogP contribution in [0.25, 0.3) is 0 Å². The van der Waals surface area contributed by atoms with Crippen LogP contribution in [0.5, 0.6) is 0 Å². The highest BCUT2D eigenvalue weighted by atomic mass is 16.6. The van der Waals surface area contributed by atoms with E-state index in [-0.39, 0.29) is 13.2 Å². The molecule has 0 aliphatic heterocycles. The minimum atomic E-state index is -1.33. The Kier molecular flexibility index (Phi) is 5.27. The highest BCUT2D eigenvalue weighted by Gasteiger charge is 2.02. The van der Waals surface area contributed by atoms with Gasteiger partial charge in [0.05, 0.1) is 6.61 Å². The number of rotatable bonds is 5. The third-order valence-corrected chi connectivity index (χ3v) is 0.954. The van der Waals surface area contributed by atoms with Crippen molar-refractivity contribution in [3.63, 3.8) is 0 Å². The minimum absolute atomic E-state index is 0.0555. The van der Waals surface area contributed by atoms with Crippen molar-refractivity contribution < 1.29 is 19.4 Å². The molecule has 70 valence electrons. The van der Waals surface area contributed by atoms with Gasteiger partial charge in [-0.1, -0.05) is 6.58 Å². The molecule has 1 atom stereocenters. The Morgan fingerprint density at radius 2 is 2.25 bits per heavy atom. The van der Waals surface area contributed by atoms with Crippen LogP contribution in [0.3, 0.4) is 0 Å². The van der Waals surface area contributed by atoms with Crippen LogP contribution in [-0.4, -0.2) is 30.7 Å². The predicted octanol–water partition coefficient (Wildman–Crippen LogP) is -0.643. The van der Waals surface area contributed by atoms with E-state index in [4.69, 9.17) is 10.8 Å². The van der Waals surface area contributed by atoms with E-state index in [9.17, 15) is 4.79 Å². The van der Waals surface area contributed by atoms with Gasteiger partial charge >= 0.3 is 5.97 Å². The largest absolute Gasteiger partial charge is 0.460 e. The maximum absolute atomic E-state index is 10.7. The number of esters is 1. The number of carbonyl (C=O) groups excluding carboxylic acids is 1. The summed E-state index contributed by atoms with van der Waals surface area (Å²) in [4.78, 5) is 10.7. The molecule has 0 fully saturated rings. The molecule has 0 amide bonds. The van der Waals surface area contributed by atoms with Gasteiger partial charge in [-0.25, -0.2) is 4.79 Å². The van der Waals surface area contributed by atoms with E-state index in [0.717, 1.165) is 0 Å². The Labute approximate surface area is 70.8 Å². The fraction of sp³-hybridized carbons (Fsp3) is 0.571. The summed E-state index contributed by atoms with van der Waals surface area (Å²) >= 11 is 0. The summed E-state index contributed by atoms with van der Waals surface area (Å²) in [6.07, 6.45) is -1.33. The molecule has 0 aromatic rings. The van der Waals surface area contributed by atoms with Crippen LogP contribution >= 0.6 is 0 Å². The van der Waals surface area contributed by atoms with Gasteiger partial charge in [-0.05, 0) is 6.92 Å². The smallest absolute Gasteiger partial charge is 0.333 e. The van der Waals surface area contributed by atoms with Crippen molar-refractivity contribution in [1.82, 2.24) is 0 Å². The van der Waals surface area contributed by atoms with E-state index in [2.05, 4.69) is 16.1 Å². The number of carbonyl (C=O) groups is 1. The van der Waals surface area contributed by atoms with Crippen LogP contribution in [0.4, 0.5) is 0 Å². The van der Waals surface area contributed by atoms with Crippen molar-refractivity contribution in [3.8, 4) is 0 Å². The zero-order valence-electron chi connectivity index (χ0n) is 6.95. The van der Waals surface area contributed by atoms with Gasteiger partial charge in [0.1, 0.15) is 6.61 Å². The van der Waals surface area contributed by atoms with Crippen LogP contribution in [0.2, 0.25) is 0 Å². The molecular weight excluding hydrogens is 162 g/mol. The van der Waals surface area contributed by atoms with Gasteiger partial charge in [0.15, 0.2) is 0 Å². The zero-order valence-corrected chi connectivity index (χ0v) is 6.95. The highest BCUT2D eigenvalue weighted by molar-refractivity contribution is 5.86. The first kappa shape index (κ1) is 11.1. The van der Waals surface area contributed by atoms with Gasteiger partial charge in [0.25, 0.3) is 0 Å². The molecule has 5 heteroatoms. The average molecular weight is 175 g/mol. The fourth-order valence-electron chi connectivity index (χ4n) is 0.426. The summed E-state index contributed by atoms with van der Waals surface area (Å²) < 4.78 is 9.12. The van der Waals surface area contributed by atoms with Crippen LogP contribution < -0.4 is 5.73 Å². The number of nitrogens with two attached hydrogens (primary N) is 1. The number of hydrogen-bond acceptors (Lipinski definition) is 5. The Balaban J connectivity index is 3.32. The quantitative estimate of drug-likeness (QED) is 0.251. The van der Waals surface area contributed by atoms with Crippen molar-refractivity contribution in [2.45, 2.75) is 13.3 Å². The van der Waals surface area contributed by atoms with Crippen molar-refractivity contribution in [3.05, 3.63) is 12.2 Å². The third-order valence-electron chi connectivity index (χ3n) is 0.954. The van der Waals surface area contributed by atoms with Gasteiger partial charge in [-0.3, -0.25) is 5.73 Å². The second kappa shape index (κ2) is 5.70. The molecule has 0 heterocycles. The van der Waals surface area contributed by atoms with E-state index >= 15 is 0 Å². The number of hydrogen-bond donors (Lipinski definition) is 2. The number of aliphatic hydroxyl groups is 1. The third kappa shape index (κ3) is 5.84. The van der Waals surface area contributed by atoms with E-state index in [1.165, 1.54) is 0 Å². The lowest BCUT2D eigenvalue weighted by atomic mass is 10.4. The molecular formula is C7H13NO4. The van der Waals surface area contributed by atoms with Crippen molar-refractivity contribution in [2.75, 3.05) is 13.2 Å². The standard InChI is InChI=1S/C7H13NO4/c1-5(2)6(9)11-3-4-12-7(8)10/h7,10H,1,3-4,8H2,2H3. The monoisotopic (exact) mass is 175 g/mol. The van der Waals surface area contributed by atoms with Gasteiger partial charge < -0.3 is 14.6 Å². The SMILES string of the molecule is C=C(C)C(=O)OCCOC(N)O. The summed E-state index contributed by atoms with van der Waals surface area (Å²) in [5, 5.41) is 8.42. The molecule has 0 aliphatic rings. The molecule has 1 unspecified atom stereocenters. The van der Waals surface area contributed by atoms with Gasteiger partial charge in [-0.15, -0.1) is 0 Å². The summed E-state index contributed by atoms with van der Waals surface area (Å²) in [5.74, 6) is -0.481. The van der Waals surface area contributed by atoms with Gasteiger partial charge in [0.2, 0.25) is 6.41 Å². The van der Waals surface area contributed by atoms with E-state index < -0.39 is 12.4 Å². The summed E-state index contributed by atoms with van der Waals surface area (Å²) in [6.45, 7) is 5.04. The van der Waals surface area contributed by atoms with Crippen LogP contribution in [-0.2, 0) is 14.3 Å². The van der Waals surface area contributed by atoms with Crippen LogP contribution in [0, 0.1) is 0 Å². The van der Waals surface area contributed by atoms with Crippen molar-refractivity contribution in [2.24, 2.45) is 5.73 Å². The lowest BCUT2D eigenvalue weighted by Crippen LogP contribution is -2.25. The topological polar surface area (TPSA) is 81.8 Å². The lowest BCUT2D eigenvalue weighted by Gasteiger charge is -2.06. The molecule has 5 nitrogen and oxygen atoms in total. The molecule has 0 aliphatic carbocycles. The zero-order chi connectivity index (χ0) is 9.56. The Bertz CT molecular complexity index is 167. The molecule has 0 rings (SSSR count). The van der Waals surface area contributed by atoms with Gasteiger partial charge in [-0.2, -0.15) is 0 Å². The molecule has 0 saturated carbocycles. The van der Waals surface area contributed by atoms with E-state index in [0.29, 0.717) is 5.57 Å². The summed E-state index contributed by atoms with van der Waals surface area (Å²) in [5.41, 5.74) is 5.17. The molecule has 12 heavy (non-hydrogen) atoms. The highest BCUT2D eigenvalue weighted by Crippen LogP contribution is 1.91. The summed E-state index contributed by atoms with van der Waals surface area (Å²) in [6, 6.07) is 0. The van der Waals surface area contributed by atoms with Crippen LogP contribution in [0.1, 0.15) is 6.92 Å². The predicted molar refractivity (Wildman–Crippen MR) is 41.9 cm³/mol. The lowest BCUT2D eigenvalue weighted by molar-refractivity contribution is -0.146. The van der Waals surface area contributed by atoms with Gasteiger partial charge in [0, 0.05) is 5.57 Å². The molecule has 0 saturated heterocycles. The normalized spacial score (nSPS) is 12.2. The maximum atomic E-state index is 10.7. The Morgan fingerprint density at radius 3 is 2.67 bits per heavy atom. The van der Waals surface area contributed by atoms with E-state index in [1.807, 2.05) is 0 Å². The summed E-state index contributed by atoms with van der Waals surface area (Å²) in [7, 11) is 0. The molecule has 0 bridgehead atoms. The Hall–Kier alpha value is -0.910. The average Bonchev–Trinajstić information content (AvgIpc) is 1.97. The molecule has 0 spiro atoms. The minimum Gasteiger partial charge on any atom is -0.460 e. The number of aliphatic hydroxyl groups excluding tert-OH is 1. The van der Waals surface area contributed by atoms with Crippen LogP contribution in [0.15, 0.2) is 12.2 Å². The first-order valence-electron chi connectivity index (χ1n) is 3.42. The second-order valence-electron chi connectivity index (χ2n) is 2.18. The van der Waals surface area contributed by atoms with Crippen molar-refractivity contribution in [1.29, 1.82) is 0 Å². The van der Waals surface area contributed by atoms with Crippen molar-refractivity contribution >= 4 is 5.97 Å². The number of ether oxygens (including phenoxy) is 2. The Morgan fingerprint density at radius 1 is 1.67 bits per heavy atom. The molecule has 0 aromatic heterocycles. The second-order valence-corrected chi connectivity index (χ2v) is 2.18.